The predicted octanol–water partition coefficient (Wildman–Crippen LogP) is -2.10. The van der Waals surface area contributed by atoms with E-state index in [0.29, 0.717) is 0 Å². The summed E-state index contributed by atoms with van der Waals surface area (Å²) in [7, 11) is 0. The number of carboxylic acid groups (broad SMARTS) is 2. The highest BCUT2D eigenvalue weighted by atomic mass is 16.4. The van der Waals surface area contributed by atoms with E-state index in [1.165, 1.54) is 0 Å². The van der Waals surface area contributed by atoms with Crippen molar-refractivity contribution in [1.29, 1.82) is 0 Å². The number of amides is 3. The first-order valence-electron chi connectivity index (χ1n) is 6.57. The minimum atomic E-state index is -1.41. The van der Waals surface area contributed by atoms with E-state index in [1.807, 2.05) is 0 Å². The topological polar surface area (TPSA) is 167 Å². The van der Waals surface area contributed by atoms with Crippen LogP contribution in [0, 0.1) is 0 Å². The first kappa shape index (κ1) is 17.6. The SMILES string of the molecule is NCC(=O)N1C(=O)CC[C@H]1C(=O)N[C@@H](CCC(=O)O)C(=O)O. The van der Waals surface area contributed by atoms with Crippen molar-refractivity contribution >= 4 is 29.7 Å². The fraction of sp³-hybridized carbons (Fsp3) is 0.583. The summed E-state index contributed by atoms with van der Waals surface area (Å²) < 4.78 is 0. The Labute approximate surface area is 125 Å². The van der Waals surface area contributed by atoms with E-state index < -0.39 is 54.7 Å². The fourth-order valence-corrected chi connectivity index (χ4v) is 2.14. The molecule has 10 heteroatoms. The molecular formula is C12H17N3O7. The average molecular weight is 315 g/mol. The van der Waals surface area contributed by atoms with Gasteiger partial charge >= 0.3 is 11.9 Å². The molecule has 22 heavy (non-hydrogen) atoms. The Hall–Kier alpha value is -2.49. The summed E-state index contributed by atoms with van der Waals surface area (Å²) in [4.78, 5) is 57.5. The standard InChI is InChI=1S/C12H17N3O7/c13-5-9(17)15-7(2-3-8(15)16)11(20)14-6(12(21)22)1-4-10(18)19/h6-7H,1-5,13H2,(H,14,20)(H,18,19)(H,21,22)/t6-,7-/m0/s1. The van der Waals surface area contributed by atoms with Crippen molar-refractivity contribution in [3.8, 4) is 0 Å². The number of nitrogens with zero attached hydrogens (tertiary/aromatic N) is 1. The van der Waals surface area contributed by atoms with E-state index in [1.54, 1.807) is 0 Å². The molecule has 10 nitrogen and oxygen atoms in total. The third-order valence-electron chi connectivity index (χ3n) is 3.22. The molecule has 0 aliphatic carbocycles. The molecule has 1 heterocycles. The third kappa shape index (κ3) is 4.25. The van der Waals surface area contributed by atoms with Crippen LogP contribution in [0.2, 0.25) is 0 Å². The van der Waals surface area contributed by atoms with Crippen molar-refractivity contribution in [1.82, 2.24) is 10.2 Å². The van der Waals surface area contributed by atoms with Crippen molar-refractivity contribution in [2.75, 3.05) is 6.54 Å². The van der Waals surface area contributed by atoms with E-state index in [0.717, 1.165) is 4.90 Å². The minimum absolute atomic E-state index is 0.0172. The third-order valence-corrected chi connectivity index (χ3v) is 3.22. The van der Waals surface area contributed by atoms with Crippen molar-refractivity contribution in [2.45, 2.75) is 37.8 Å². The largest absolute Gasteiger partial charge is 0.481 e. The molecule has 2 atom stereocenters. The number of hydrogen-bond acceptors (Lipinski definition) is 6. The Morgan fingerprint density at radius 2 is 1.95 bits per heavy atom. The smallest absolute Gasteiger partial charge is 0.326 e. The van der Waals surface area contributed by atoms with Crippen LogP contribution in [0.1, 0.15) is 25.7 Å². The van der Waals surface area contributed by atoms with Crippen molar-refractivity contribution in [3.63, 3.8) is 0 Å². The lowest BCUT2D eigenvalue weighted by Gasteiger charge is -2.23. The highest BCUT2D eigenvalue weighted by molar-refractivity contribution is 6.03. The number of imide groups is 1. The van der Waals surface area contributed by atoms with Gasteiger partial charge in [-0.05, 0) is 12.8 Å². The molecule has 0 bridgehead atoms. The van der Waals surface area contributed by atoms with Gasteiger partial charge in [0, 0.05) is 12.8 Å². The summed E-state index contributed by atoms with van der Waals surface area (Å²) in [5.74, 6) is -4.68. The van der Waals surface area contributed by atoms with Crippen LogP contribution in [0.3, 0.4) is 0 Å². The van der Waals surface area contributed by atoms with Crippen molar-refractivity contribution in [3.05, 3.63) is 0 Å². The summed E-state index contributed by atoms with van der Waals surface area (Å²) in [6.45, 7) is -0.448. The first-order valence-corrected chi connectivity index (χ1v) is 6.57. The van der Waals surface area contributed by atoms with Crippen LogP contribution in [0.4, 0.5) is 0 Å². The second-order valence-corrected chi connectivity index (χ2v) is 4.75. The van der Waals surface area contributed by atoms with Crippen molar-refractivity contribution in [2.24, 2.45) is 5.73 Å². The number of nitrogens with one attached hydrogen (secondary N) is 1. The molecule has 1 aliphatic heterocycles. The van der Waals surface area contributed by atoms with Gasteiger partial charge in [-0.25, -0.2) is 4.79 Å². The summed E-state index contributed by atoms with van der Waals surface area (Å²) in [5.41, 5.74) is 5.17. The van der Waals surface area contributed by atoms with Crippen LogP contribution >= 0.6 is 0 Å². The van der Waals surface area contributed by atoms with E-state index in [9.17, 15) is 24.0 Å². The Morgan fingerprint density at radius 3 is 2.45 bits per heavy atom. The molecule has 0 radical (unpaired) electrons. The Bertz CT molecular complexity index is 505. The number of carbonyl (C=O) groups is 5. The zero-order chi connectivity index (χ0) is 16.9. The minimum Gasteiger partial charge on any atom is -0.481 e. The van der Waals surface area contributed by atoms with Gasteiger partial charge in [-0.2, -0.15) is 0 Å². The van der Waals surface area contributed by atoms with Gasteiger partial charge in [0.25, 0.3) is 0 Å². The number of nitrogens with two attached hydrogens (primary N) is 1. The van der Waals surface area contributed by atoms with Gasteiger partial charge in [0.2, 0.25) is 17.7 Å². The quantitative estimate of drug-likeness (QED) is 0.414. The van der Waals surface area contributed by atoms with Crippen molar-refractivity contribution < 1.29 is 34.2 Å². The second kappa shape index (κ2) is 7.50. The molecule has 1 aliphatic rings. The first-order chi connectivity index (χ1) is 10.3. The van der Waals surface area contributed by atoms with Crippen LogP contribution < -0.4 is 11.1 Å². The lowest BCUT2D eigenvalue weighted by atomic mass is 10.1. The maximum absolute atomic E-state index is 12.1. The molecule has 0 unspecified atom stereocenters. The van der Waals surface area contributed by atoms with Gasteiger partial charge in [0.05, 0.1) is 6.54 Å². The molecule has 1 fully saturated rings. The molecule has 1 rings (SSSR count). The van der Waals surface area contributed by atoms with E-state index >= 15 is 0 Å². The second-order valence-electron chi connectivity index (χ2n) is 4.75. The molecule has 0 spiro atoms. The van der Waals surface area contributed by atoms with Gasteiger partial charge in [-0.1, -0.05) is 0 Å². The maximum Gasteiger partial charge on any atom is 0.326 e. The Kier molecular flexibility index (Phi) is 5.99. The number of carboxylic acids is 2. The highest BCUT2D eigenvalue weighted by Crippen LogP contribution is 2.19. The number of likely N-dealkylation sites (tertiary alicyclic amines) is 1. The highest BCUT2D eigenvalue weighted by Gasteiger charge is 2.40. The summed E-state index contributed by atoms with van der Waals surface area (Å²) in [6.07, 6.45) is -0.688. The summed E-state index contributed by atoms with van der Waals surface area (Å²) >= 11 is 0. The monoisotopic (exact) mass is 315 g/mol. The number of aliphatic carboxylic acids is 2. The molecule has 3 amide bonds. The predicted molar refractivity (Wildman–Crippen MR) is 70.4 cm³/mol. The fourth-order valence-electron chi connectivity index (χ4n) is 2.14. The van der Waals surface area contributed by atoms with E-state index in [2.05, 4.69) is 5.32 Å². The zero-order valence-electron chi connectivity index (χ0n) is 11.7. The van der Waals surface area contributed by atoms with Gasteiger partial charge < -0.3 is 21.3 Å². The number of carbonyl (C=O) groups excluding carboxylic acids is 3. The van der Waals surface area contributed by atoms with E-state index in [-0.39, 0.29) is 19.3 Å². The summed E-state index contributed by atoms with van der Waals surface area (Å²) in [5, 5.41) is 19.7. The zero-order valence-corrected chi connectivity index (χ0v) is 11.7. The summed E-state index contributed by atoms with van der Waals surface area (Å²) in [6, 6.07) is -2.52. The molecule has 0 saturated carbocycles. The molecule has 0 aromatic carbocycles. The number of hydrogen-bond donors (Lipinski definition) is 4. The normalized spacial score (nSPS) is 18.9. The lowest BCUT2D eigenvalue weighted by Crippen LogP contribution is -2.52. The molecular weight excluding hydrogens is 298 g/mol. The van der Waals surface area contributed by atoms with Crippen LogP contribution in [0.5, 0.6) is 0 Å². The lowest BCUT2D eigenvalue weighted by molar-refractivity contribution is -0.148. The van der Waals surface area contributed by atoms with Crippen LogP contribution in [0.25, 0.3) is 0 Å². The maximum atomic E-state index is 12.1. The van der Waals surface area contributed by atoms with Crippen LogP contribution in [-0.4, -0.2) is 63.4 Å². The Balaban J connectivity index is 2.76. The van der Waals surface area contributed by atoms with Crippen LogP contribution in [0.15, 0.2) is 0 Å². The van der Waals surface area contributed by atoms with Gasteiger partial charge in [0.15, 0.2) is 0 Å². The van der Waals surface area contributed by atoms with Crippen LogP contribution in [-0.2, 0) is 24.0 Å². The van der Waals surface area contributed by atoms with Gasteiger partial charge in [-0.15, -0.1) is 0 Å². The molecule has 0 aromatic rings. The average Bonchev–Trinajstić information content (AvgIpc) is 2.83. The number of rotatable bonds is 7. The van der Waals surface area contributed by atoms with Gasteiger partial charge in [0.1, 0.15) is 12.1 Å². The molecule has 1 saturated heterocycles. The van der Waals surface area contributed by atoms with Gasteiger partial charge in [-0.3, -0.25) is 24.1 Å². The molecule has 122 valence electrons. The molecule has 0 aromatic heterocycles. The molecule has 5 N–H and O–H groups in total. The van der Waals surface area contributed by atoms with E-state index in [4.69, 9.17) is 15.9 Å². The Morgan fingerprint density at radius 1 is 1.32 bits per heavy atom.